The summed E-state index contributed by atoms with van der Waals surface area (Å²) in [7, 11) is 1.66. The Bertz CT molecular complexity index is 512. The minimum absolute atomic E-state index is 0.222. The van der Waals surface area contributed by atoms with Gasteiger partial charge in [-0.2, -0.15) is 0 Å². The molecule has 5 heteroatoms. The third kappa shape index (κ3) is 7.34. The normalized spacial score (nSPS) is 15.0. The van der Waals surface area contributed by atoms with E-state index in [2.05, 4.69) is 16.7 Å². The Balaban J connectivity index is 1.87. The third-order valence-corrected chi connectivity index (χ3v) is 4.94. The molecule has 0 N–H and O–H groups in total. The van der Waals surface area contributed by atoms with Crippen molar-refractivity contribution in [3.8, 4) is 5.75 Å². The van der Waals surface area contributed by atoms with Gasteiger partial charge in [-0.05, 0) is 24.1 Å². The van der Waals surface area contributed by atoms with Crippen molar-refractivity contribution in [1.82, 2.24) is 9.80 Å². The van der Waals surface area contributed by atoms with Crippen LogP contribution < -0.4 is 4.74 Å². The minimum Gasteiger partial charge on any atom is -0.497 e. The molecule has 1 heterocycles. The highest BCUT2D eigenvalue weighted by Crippen LogP contribution is 2.13. The fourth-order valence-corrected chi connectivity index (χ4v) is 3.21. The molecule has 0 bridgehead atoms. The standard InChI is InChI=1S/C21H34N2O3/c1-3-4-5-6-11-23(13-12-22-14-16-26-17-15-22)21(24)18-19-7-9-20(25-2)10-8-19/h7-10H,3-6,11-18H2,1-2H3. The Hall–Kier alpha value is -1.59. The molecule has 5 nitrogen and oxygen atoms in total. The Labute approximate surface area is 158 Å². The van der Waals surface area contributed by atoms with E-state index < -0.39 is 0 Å². The number of hydrogen-bond donors (Lipinski definition) is 0. The summed E-state index contributed by atoms with van der Waals surface area (Å²) in [5.74, 6) is 1.05. The minimum atomic E-state index is 0.222. The van der Waals surface area contributed by atoms with Crippen LogP contribution in [0.2, 0.25) is 0 Å². The monoisotopic (exact) mass is 362 g/mol. The van der Waals surface area contributed by atoms with Crippen LogP contribution in [0.25, 0.3) is 0 Å². The fraction of sp³-hybridized carbons (Fsp3) is 0.667. The van der Waals surface area contributed by atoms with Crippen molar-refractivity contribution in [2.45, 2.75) is 39.0 Å². The molecular formula is C21H34N2O3. The van der Waals surface area contributed by atoms with Crippen LogP contribution in [-0.2, 0) is 16.0 Å². The van der Waals surface area contributed by atoms with Gasteiger partial charge in [0, 0.05) is 32.7 Å². The predicted molar refractivity (Wildman–Crippen MR) is 105 cm³/mol. The Morgan fingerprint density at radius 3 is 2.50 bits per heavy atom. The molecule has 1 saturated heterocycles. The summed E-state index contributed by atoms with van der Waals surface area (Å²) in [6.07, 6.45) is 5.20. The highest BCUT2D eigenvalue weighted by Gasteiger charge is 2.17. The first kappa shape index (κ1) is 20.7. The van der Waals surface area contributed by atoms with Gasteiger partial charge in [-0.25, -0.2) is 0 Å². The second-order valence-corrected chi connectivity index (χ2v) is 6.92. The number of morpholine rings is 1. The van der Waals surface area contributed by atoms with E-state index >= 15 is 0 Å². The number of methoxy groups -OCH3 is 1. The molecule has 0 aliphatic carbocycles. The van der Waals surface area contributed by atoms with Gasteiger partial charge < -0.3 is 14.4 Å². The summed E-state index contributed by atoms with van der Waals surface area (Å²) in [5, 5.41) is 0. The molecule has 1 aromatic rings. The summed E-state index contributed by atoms with van der Waals surface area (Å²) in [6, 6.07) is 7.80. The summed E-state index contributed by atoms with van der Waals surface area (Å²) >= 11 is 0. The van der Waals surface area contributed by atoms with Crippen LogP contribution in [0.3, 0.4) is 0 Å². The molecule has 1 fully saturated rings. The van der Waals surface area contributed by atoms with E-state index in [4.69, 9.17) is 9.47 Å². The molecule has 0 unspecified atom stereocenters. The molecule has 146 valence electrons. The molecule has 1 aliphatic rings. The zero-order valence-electron chi connectivity index (χ0n) is 16.4. The largest absolute Gasteiger partial charge is 0.497 e. The number of carbonyl (C=O) groups excluding carboxylic acids is 1. The van der Waals surface area contributed by atoms with Crippen molar-refractivity contribution >= 4 is 5.91 Å². The third-order valence-electron chi connectivity index (χ3n) is 4.94. The molecule has 26 heavy (non-hydrogen) atoms. The average Bonchev–Trinajstić information content (AvgIpc) is 2.68. The van der Waals surface area contributed by atoms with Crippen molar-refractivity contribution in [3.05, 3.63) is 29.8 Å². The lowest BCUT2D eigenvalue weighted by Gasteiger charge is -2.30. The summed E-state index contributed by atoms with van der Waals surface area (Å²) in [5.41, 5.74) is 1.04. The molecule has 1 aromatic carbocycles. The number of amides is 1. The Morgan fingerprint density at radius 2 is 1.85 bits per heavy atom. The lowest BCUT2D eigenvalue weighted by molar-refractivity contribution is -0.130. The van der Waals surface area contributed by atoms with Crippen LogP contribution in [-0.4, -0.2) is 68.8 Å². The second-order valence-electron chi connectivity index (χ2n) is 6.92. The van der Waals surface area contributed by atoms with E-state index in [9.17, 15) is 4.79 Å². The number of unbranched alkanes of at least 4 members (excludes halogenated alkanes) is 3. The van der Waals surface area contributed by atoms with Crippen LogP contribution in [0.4, 0.5) is 0 Å². The number of nitrogens with zero attached hydrogens (tertiary/aromatic N) is 2. The molecule has 1 aliphatic heterocycles. The van der Waals surface area contributed by atoms with Crippen LogP contribution in [0, 0.1) is 0 Å². The van der Waals surface area contributed by atoms with Crippen molar-refractivity contribution in [1.29, 1.82) is 0 Å². The maximum absolute atomic E-state index is 12.9. The predicted octanol–water partition coefficient (Wildman–Crippen LogP) is 2.98. The van der Waals surface area contributed by atoms with E-state index in [1.54, 1.807) is 7.11 Å². The maximum Gasteiger partial charge on any atom is 0.227 e. The van der Waals surface area contributed by atoms with Gasteiger partial charge in [-0.1, -0.05) is 38.3 Å². The Morgan fingerprint density at radius 1 is 1.12 bits per heavy atom. The van der Waals surface area contributed by atoms with Gasteiger partial charge in [-0.15, -0.1) is 0 Å². The van der Waals surface area contributed by atoms with Crippen LogP contribution in [0.15, 0.2) is 24.3 Å². The van der Waals surface area contributed by atoms with Crippen LogP contribution in [0.1, 0.15) is 38.2 Å². The van der Waals surface area contributed by atoms with Crippen molar-refractivity contribution in [2.24, 2.45) is 0 Å². The number of carbonyl (C=O) groups is 1. The molecule has 1 amide bonds. The van der Waals surface area contributed by atoms with Crippen molar-refractivity contribution < 1.29 is 14.3 Å². The quantitative estimate of drug-likeness (QED) is 0.568. The molecule has 0 radical (unpaired) electrons. The highest BCUT2D eigenvalue weighted by atomic mass is 16.5. The first-order valence-electron chi connectivity index (χ1n) is 9.93. The zero-order chi connectivity index (χ0) is 18.6. The first-order chi connectivity index (χ1) is 12.7. The second kappa shape index (κ2) is 11.9. The molecular weight excluding hydrogens is 328 g/mol. The van der Waals surface area contributed by atoms with E-state index in [-0.39, 0.29) is 5.91 Å². The molecule has 0 aromatic heterocycles. The summed E-state index contributed by atoms with van der Waals surface area (Å²) in [4.78, 5) is 17.3. The average molecular weight is 363 g/mol. The molecule has 0 saturated carbocycles. The molecule has 0 atom stereocenters. The SMILES string of the molecule is CCCCCCN(CCN1CCOCC1)C(=O)Cc1ccc(OC)cc1. The van der Waals surface area contributed by atoms with Gasteiger partial charge in [0.2, 0.25) is 5.91 Å². The Kier molecular flexibility index (Phi) is 9.50. The number of benzene rings is 1. The van der Waals surface area contributed by atoms with Gasteiger partial charge in [0.1, 0.15) is 5.75 Å². The fourth-order valence-electron chi connectivity index (χ4n) is 3.21. The van der Waals surface area contributed by atoms with E-state index in [1.807, 2.05) is 24.3 Å². The summed E-state index contributed by atoms with van der Waals surface area (Å²) in [6.45, 7) is 8.36. The topological polar surface area (TPSA) is 42.0 Å². The van der Waals surface area contributed by atoms with E-state index in [1.165, 1.54) is 19.3 Å². The van der Waals surface area contributed by atoms with Gasteiger partial charge in [0.25, 0.3) is 0 Å². The van der Waals surface area contributed by atoms with Crippen LogP contribution in [0.5, 0.6) is 5.75 Å². The van der Waals surface area contributed by atoms with Gasteiger partial charge in [0.05, 0.1) is 26.7 Å². The van der Waals surface area contributed by atoms with E-state index in [0.29, 0.717) is 6.42 Å². The lowest BCUT2D eigenvalue weighted by Crippen LogP contribution is -2.43. The van der Waals surface area contributed by atoms with Crippen LogP contribution >= 0.6 is 0 Å². The first-order valence-corrected chi connectivity index (χ1v) is 9.93. The number of ether oxygens (including phenoxy) is 2. The maximum atomic E-state index is 12.9. The zero-order valence-corrected chi connectivity index (χ0v) is 16.4. The number of rotatable bonds is 11. The smallest absolute Gasteiger partial charge is 0.227 e. The lowest BCUT2D eigenvalue weighted by atomic mass is 10.1. The van der Waals surface area contributed by atoms with Crippen molar-refractivity contribution in [2.75, 3.05) is 53.0 Å². The van der Waals surface area contributed by atoms with Gasteiger partial charge in [0.15, 0.2) is 0 Å². The van der Waals surface area contributed by atoms with Gasteiger partial charge >= 0.3 is 0 Å². The number of hydrogen-bond acceptors (Lipinski definition) is 4. The summed E-state index contributed by atoms with van der Waals surface area (Å²) < 4.78 is 10.6. The van der Waals surface area contributed by atoms with E-state index in [0.717, 1.165) is 63.7 Å². The molecule has 2 rings (SSSR count). The van der Waals surface area contributed by atoms with Gasteiger partial charge in [-0.3, -0.25) is 9.69 Å². The highest BCUT2D eigenvalue weighted by molar-refractivity contribution is 5.78. The molecule has 0 spiro atoms. The van der Waals surface area contributed by atoms with Crippen molar-refractivity contribution in [3.63, 3.8) is 0 Å².